The number of hydrogen-bond donors (Lipinski definition) is 0. The molecule has 0 unspecified atom stereocenters. The van der Waals surface area contributed by atoms with Crippen LogP contribution < -0.4 is 5.56 Å². The molecule has 1 aliphatic rings. The standard InChI is InChI=1S/C15H21NO3/c1-11-5-7-13(8-6-11)19-14(17)10-16-9-3-4-12(2)15(16)18/h3-4,9,11,13H,5-8,10H2,1-2H3. The van der Waals surface area contributed by atoms with Gasteiger partial charge >= 0.3 is 5.97 Å². The van der Waals surface area contributed by atoms with Crippen molar-refractivity contribution in [2.24, 2.45) is 5.92 Å². The smallest absolute Gasteiger partial charge is 0.326 e. The number of esters is 1. The van der Waals surface area contributed by atoms with Gasteiger partial charge < -0.3 is 9.30 Å². The van der Waals surface area contributed by atoms with Gasteiger partial charge in [0, 0.05) is 11.8 Å². The lowest BCUT2D eigenvalue weighted by atomic mass is 9.89. The van der Waals surface area contributed by atoms with Crippen molar-refractivity contribution in [1.82, 2.24) is 4.57 Å². The van der Waals surface area contributed by atoms with E-state index in [1.165, 1.54) is 4.57 Å². The van der Waals surface area contributed by atoms with Crippen molar-refractivity contribution in [2.45, 2.75) is 52.2 Å². The maximum Gasteiger partial charge on any atom is 0.326 e. The predicted octanol–water partition coefficient (Wildman–Crippen LogP) is 2.28. The number of ether oxygens (including phenoxy) is 1. The number of hydrogen-bond acceptors (Lipinski definition) is 3. The Balaban J connectivity index is 1.91. The Bertz CT molecular complexity index is 498. The molecule has 1 heterocycles. The summed E-state index contributed by atoms with van der Waals surface area (Å²) in [7, 11) is 0. The molecule has 19 heavy (non-hydrogen) atoms. The Hall–Kier alpha value is -1.58. The van der Waals surface area contributed by atoms with Gasteiger partial charge in [0.1, 0.15) is 12.6 Å². The molecular weight excluding hydrogens is 242 g/mol. The van der Waals surface area contributed by atoms with Crippen LogP contribution in [-0.4, -0.2) is 16.6 Å². The number of pyridine rings is 1. The van der Waals surface area contributed by atoms with Crippen LogP contribution in [-0.2, 0) is 16.1 Å². The Kier molecular flexibility index (Phi) is 4.40. The van der Waals surface area contributed by atoms with Gasteiger partial charge in [0.15, 0.2) is 0 Å². The molecule has 0 aromatic carbocycles. The number of aromatic nitrogens is 1. The molecule has 0 amide bonds. The summed E-state index contributed by atoms with van der Waals surface area (Å²) in [5.74, 6) is 0.418. The van der Waals surface area contributed by atoms with Crippen molar-refractivity contribution in [2.75, 3.05) is 0 Å². The molecule has 4 nitrogen and oxygen atoms in total. The first-order valence-electron chi connectivity index (χ1n) is 6.92. The van der Waals surface area contributed by atoms with Gasteiger partial charge in [-0.05, 0) is 44.6 Å². The number of nitrogens with zero attached hydrogens (tertiary/aromatic N) is 1. The molecule has 4 heteroatoms. The van der Waals surface area contributed by atoms with Gasteiger partial charge in [0.05, 0.1) is 0 Å². The molecule has 0 bridgehead atoms. The van der Waals surface area contributed by atoms with Crippen LogP contribution >= 0.6 is 0 Å². The minimum absolute atomic E-state index is 0.00651. The van der Waals surface area contributed by atoms with Crippen LogP contribution in [0, 0.1) is 12.8 Å². The summed E-state index contributed by atoms with van der Waals surface area (Å²) in [5, 5.41) is 0. The molecule has 1 aromatic rings. The van der Waals surface area contributed by atoms with E-state index in [-0.39, 0.29) is 24.2 Å². The second kappa shape index (κ2) is 6.04. The summed E-state index contributed by atoms with van der Waals surface area (Å²) >= 11 is 0. The monoisotopic (exact) mass is 263 g/mol. The minimum atomic E-state index is -0.313. The zero-order valence-corrected chi connectivity index (χ0v) is 11.6. The van der Waals surface area contributed by atoms with E-state index in [1.54, 1.807) is 25.3 Å². The van der Waals surface area contributed by atoms with Gasteiger partial charge in [0.2, 0.25) is 0 Å². The highest BCUT2D eigenvalue weighted by atomic mass is 16.5. The zero-order valence-electron chi connectivity index (χ0n) is 11.6. The molecule has 104 valence electrons. The highest BCUT2D eigenvalue weighted by Gasteiger charge is 2.21. The van der Waals surface area contributed by atoms with Crippen LogP contribution in [0.3, 0.4) is 0 Å². The summed E-state index contributed by atoms with van der Waals surface area (Å²) in [4.78, 5) is 23.6. The normalized spacial score (nSPS) is 23.1. The summed E-state index contributed by atoms with van der Waals surface area (Å²) in [6, 6.07) is 3.51. The molecule has 0 saturated heterocycles. The fourth-order valence-electron chi connectivity index (χ4n) is 2.49. The fourth-order valence-corrected chi connectivity index (χ4v) is 2.49. The maximum absolute atomic E-state index is 11.8. The van der Waals surface area contributed by atoms with Crippen molar-refractivity contribution < 1.29 is 9.53 Å². The van der Waals surface area contributed by atoms with Crippen molar-refractivity contribution in [3.05, 3.63) is 34.2 Å². The van der Waals surface area contributed by atoms with Gasteiger partial charge in [-0.1, -0.05) is 13.0 Å². The third-order valence-corrected chi connectivity index (χ3v) is 3.77. The first kappa shape index (κ1) is 13.8. The summed E-state index contributed by atoms with van der Waals surface area (Å²) < 4.78 is 6.85. The molecule has 0 N–H and O–H groups in total. The first-order chi connectivity index (χ1) is 9.06. The van der Waals surface area contributed by atoms with Gasteiger partial charge in [0.25, 0.3) is 5.56 Å². The van der Waals surface area contributed by atoms with E-state index >= 15 is 0 Å². The Labute approximate surface area is 113 Å². The van der Waals surface area contributed by atoms with Crippen molar-refractivity contribution in [3.63, 3.8) is 0 Å². The van der Waals surface area contributed by atoms with Crippen molar-refractivity contribution in [3.8, 4) is 0 Å². The van der Waals surface area contributed by atoms with Crippen LogP contribution in [0.2, 0.25) is 0 Å². The molecule has 1 fully saturated rings. The summed E-state index contributed by atoms with van der Waals surface area (Å²) in [5.41, 5.74) is 0.513. The van der Waals surface area contributed by atoms with Crippen LogP contribution in [0.4, 0.5) is 0 Å². The Morgan fingerprint density at radius 3 is 2.74 bits per heavy atom. The fraction of sp³-hybridized carbons (Fsp3) is 0.600. The van der Waals surface area contributed by atoms with E-state index in [9.17, 15) is 9.59 Å². The summed E-state index contributed by atoms with van der Waals surface area (Å²) in [6.45, 7) is 3.98. The molecular formula is C15H21NO3. The Morgan fingerprint density at radius 1 is 1.37 bits per heavy atom. The predicted molar refractivity (Wildman–Crippen MR) is 73.0 cm³/mol. The molecule has 0 atom stereocenters. The topological polar surface area (TPSA) is 48.3 Å². The molecule has 1 saturated carbocycles. The van der Waals surface area contributed by atoms with Gasteiger partial charge in [-0.15, -0.1) is 0 Å². The third-order valence-electron chi connectivity index (χ3n) is 3.77. The van der Waals surface area contributed by atoms with E-state index in [1.807, 2.05) is 0 Å². The highest BCUT2D eigenvalue weighted by Crippen LogP contribution is 2.25. The molecule has 0 radical (unpaired) electrons. The van der Waals surface area contributed by atoms with E-state index in [0.717, 1.165) is 31.6 Å². The van der Waals surface area contributed by atoms with Crippen molar-refractivity contribution in [1.29, 1.82) is 0 Å². The third kappa shape index (κ3) is 3.69. The second-order valence-electron chi connectivity index (χ2n) is 5.50. The summed E-state index contributed by atoms with van der Waals surface area (Å²) in [6.07, 6.45) is 5.76. The second-order valence-corrected chi connectivity index (χ2v) is 5.50. The zero-order chi connectivity index (χ0) is 13.8. The number of aryl methyl sites for hydroxylation is 1. The lowest BCUT2D eigenvalue weighted by Gasteiger charge is -2.26. The number of carbonyl (C=O) groups excluding carboxylic acids is 1. The lowest BCUT2D eigenvalue weighted by Crippen LogP contribution is -2.29. The number of rotatable bonds is 3. The van der Waals surface area contributed by atoms with Gasteiger partial charge in [-0.25, -0.2) is 0 Å². The van der Waals surface area contributed by atoms with Crippen LogP contribution in [0.15, 0.2) is 23.1 Å². The molecule has 1 aromatic heterocycles. The minimum Gasteiger partial charge on any atom is -0.461 e. The maximum atomic E-state index is 11.8. The molecule has 2 rings (SSSR count). The lowest BCUT2D eigenvalue weighted by molar-refractivity contribution is -0.151. The van der Waals surface area contributed by atoms with E-state index < -0.39 is 0 Å². The van der Waals surface area contributed by atoms with Crippen LogP contribution in [0.25, 0.3) is 0 Å². The first-order valence-corrected chi connectivity index (χ1v) is 6.92. The van der Waals surface area contributed by atoms with Crippen LogP contribution in [0.5, 0.6) is 0 Å². The van der Waals surface area contributed by atoms with Crippen LogP contribution in [0.1, 0.15) is 38.2 Å². The highest BCUT2D eigenvalue weighted by molar-refractivity contribution is 5.69. The van der Waals surface area contributed by atoms with E-state index in [0.29, 0.717) is 5.56 Å². The SMILES string of the molecule is Cc1cccn(CC(=O)OC2CCC(C)CC2)c1=O. The largest absolute Gasteiger partial charge is 0.461 e. The molecule has 0 aliphatic heterocycles. The number of carbonyl (C=O) groups is 1. The van der Waals surface area contributed by atoms with E-state index in [2.05, 4.69) is 6.92 Å². The quantitative estimate of drug-likeness (QED) is 0.786. The van der Waals surface area contributed by atoms with Gasteiger partial charge in [-0.3, -0.25) is 9.59 Å². The molecule has 0 spiro atoms. The van der Waals surface area contributed by atoms with Gasteiger partial charge in [-0.2, -0.15) is 0 Å². The van der Waals surface area contributed by atoms with Crippen molar-refractivity contribution >= 4 is 5.97 Å². The van der Waals surface area contributed by atoms with E-state index in [4.69, 9.17) is 4.74 Å². The average Bonchev–Trinajstić information content (AvgIpc) is 2.38. The molecule has 1 aliphatic carbocycles. The Morgan fingerprint density at radius 2 is 2.05 bits per heavy atom. The average molecular weight is 263 g/mol.